The topological polar surface area (TPSA) is 51.4 Å². The van der Waals surface area contributed by atoms with Crippen molar-refractivity contribution in [2.75, 3.05) is 0 Å². The first kappa shape index (κ1) is 16.2. The fraction of sp³-hybridized carbons (Fsp3) is 0.133. The van der Waals surface area contributed by atoms with Crippen molar-refractivity contribution in [2.24, 2.45) is 11.4 Å². The molecule has 0 amide bonds. The van der Waals surface area contributed by atoms with Crippen LogP contribution < -0.4 is 4.80 Å². The number of nitrogens with zero attached hydrogens (tertiary/aromatic N) is 2. The summed E-state index contributed by atoms with van der Waals surface area (Å²) in [6.45, 7) is 1.87. The second-order valence-electron chi connectivity index (χ2n) is 4.98. The van der Waals surface area contributed by atoms with Gasteiger partial charge in [-0.15, -0.1) is 4.40 Å². The van der Waals surface area contributed by atoms with Crippen LogP contribution in [-0.2, 0) is 17.1 Å². The average Bonchev–Trinajstić information content (AvgIpc) is 2.80. The number of benzene rings is 2. The molecule has 1 heterocycles. The highest BCUT2D eigenvalue weighted by atomic mass is 35.5. The first-order valence-electron chi connectivity index (χ1n) is 6.61. The van der Waals surface area contributed by atoms with Gasteiger partial charge in [0, 0.05) is 12.1 Å². The second kappa shape index (κ2) is 5.74. The first-order chi connectivity index (χ1) is 10.8. The summed E-state index contributed by atoms with van der Waals surface area (Å²) in [5.74, 6) is -0.498. The van der Waals surface area contributed by atoms with Gasteiger partial charge in [-0.3, -0.25) is 0 Å². The predicted molar refractivity (Wildman–Crippen MR) is 89.7 cm³/mol. The van der Waals surface area contributed by atoms with Gasteiger partial charge in [0.05, 0.1) is 15.1 Å². The molecule has 0 radical (unpaired) electrons. The summed E-state index contributed by atoms with van der Waals surface area (Å²) in [4.78, 5) is 0.279. The predicted octanol–water partition coefficient (Wildman–Crippen LogP) is 3.63. The van der Waals surface area contributed by atoms with Crippen LogP contribution in [0.3, 0.4) is 0 Å². The number of aromatic nitrogens is 1. The lowest BCUT2D eigenvalue weighted by Crippen LogP contribution is -2.14. The maximum Gasteiger partial charge on any atom is 0.285 e. The van der Waals surface area contributed by atoms with Crippen LogP contribution in [-0.4, -0.2) is 13.0 Å². The molecule has 1 aromatic heterocycles. The SMILES string of the molecule is Cc1c(Cl)ccc2s/c(=N\S(=O)(=O)c3ccc(F)cc3)n(C)c12. The summed E-state index contributed by atoms with van der Waals surface area (Å²) in [5.41, 5.74) is 1.71. The van der Waals surface area contributed by atoms with E-state index < -0.39 is 15.8 Å². The van der Waals surface area contributed by atoms with E-state index in [1.807, 2.05) is 13.0 Å². The molecule has 0 fully saturated rings. The summed E-state index contributed by atoms with van der Waals surface area (Å²) in [6.07, 6.45) is 0. The Labute approximate surface area is 141 Å². The van der Waals surface area contributed by atoms with Crippen molar-refractivity contribution in [1.29, 1.82) is 0 Å². The van der Waals surface area contributed by atoms with E-state index in [9.17, 15) is 12.8 Å². The molecular formula is C15H12ClFN2O2S2. The van der Waals surface area contributed by atoms with E-state index in [1.54, 1.807) is 17.7 Å². The van der Waals surface area contributed by atoms with Gasteiger partial charge in [0.25, 0.3) is 10.0 Å². The number of rotatable bonds is 2. The third-order valence-corrected chi connectivity index (χ3v) is 6.36. The van der Waals surface area contributed by atoms with Crippen LogP contribution in [0.4, 0.5) is 4.39 Å². The molecule has 2 aromatic carbocycles. The molecule has 8 heteroatoms. The molecule has 0 saturated carbocycles. The summed E-state index contributed by atoms with van der Waals surface area (Å²) >= 11 is 7.38. The van der Waals surface area contributed by atoms with Gasteiger partial charge in [0.1, 0.15) is 5.82 Å². The Morgan fingerprint density at radius 2 is 1.83 bits per heavy atom. The van der Waals surface area contributed by atoms with Gasteiger partial charge in [0.2, 0.25) is 4.80 Å². The molecule has 0 N–H and O–H groups in total. The lowest BCUT2D eigenvalue weighted by Gasteiger charge is -2.02. The smallest absolute Gasteiger partial charge is 0.285 e. The van der Waals surface area contributed by atoms with Crippen LogP contribution in [0.2, 0.25) is 5.02 Å². The van der Waals surface area contributed by atoms with Gasteiger partial charge in [0.15, 0.2) is 0 Å². The minimum absolute atomic E-state index is 0.0499. The number of hydrogen-bond acceptors (Lipinski definition) is 3. The monoisotopic (exact) mass is 370 g/mol. The van der Waals surface area contributed by atoms with Crippen molar-refractivity contribution in [1.82, 2.24) is 4.57 Å². The molecule has 4 nitrogen and oxygen atoms in total. The van der Waals surface area contributed by atoms with E-state index in [1.165, 1.54) is 23.5 Å². The lowest BCUT2D eigenvalue weighted by atomic mass is 10.2. The van der Waals surface area contributed by atoms with Crippen molar-refractivity contribution < 1.29 is 12.8 Å². The van der Waals surface area contributed by atoms with Crippen molar-refractivity contribution >= 4 is 43.2 Å². The van der Waals surface area contributed by atoms with E-state index in [0.29, 0.717) is 9.82 Å². The average molecular weight is 371 g/mol. The number of aryl methyl sites for hydroxylation is 2. The molecule has 23 heavy (non-hydrogen) atoms. The molecule has 0 unspecified atom stereocenters. The normalized spacial score (nSPS) is 13.0. The summed E-state index contributed by atoms with van der Waals surface area (Å²) < 4.78 is 44.2. The first-order valence-corrected chi connectivity index (χ1v) is 9.24. The van der Waals surface area contributed by atoms with Crippen LogP contribution in [0.1, 0.15) is 5.56 Å². The lowest BCUT2D eigenvalue weighted by molar-refractivity contribution is 0.595. The Morgan fingerprint density at radius 3 is 2.48 bits per heavy atom. The molecule has 3 aromatic rings. The van der Waals surface area contributed by atoms with Gasteiger partial charge in [-0.1, -0.05) is 22.9 Å². The van der Waals surface area contributed by atoms with Crippen LogP contribution in [0.25, 0.3) is 10.2 Å². The van der Waals surface area contributed by atoms with Crippen molar-refractivity contribution in [3.05, 3.63) is 57.6 Å². The Hall–Kier alpha value is -1.70. The highest BCUT2D eigenvalue weighted by molar-refractivity contribution is 7.90. The number of hydrogen-bond donors (Lipinski definition) is 0. The molecule has 0 aliphatic carbocycles. The molecule has 0 saturated heterocycles. The van der Waals surface area contributed by atoms with E-state index in [2.05, 4.69) is 4.40 Å². The molecule has 0 spiro atoms. The third-order valence-electron chi connectivity index (χ3n) is 3.46. The fourth-order valence-electron chi connectivity index (χ4n) is 2.25. The fourth-order valence-corrected chi connectivity index (χ4v) is 4.71. The van der Waals surface area contributed by atoms with Gasteiger partial charge < -0.3 is 4.57 Å². The number of sulfonamides is 1. The van der Waals surface area contributed by atoms with E-state index >= 15 is 0 Å². The zero-order chi connectivity index (χ0) is 16.8. The maximum absolute atomic E-state index is 12.9. The third kappa shape index (κ3) is 2.91. The zero-order valence-corrected chi connectivity index (χ0v) is 14.6. The second-order valence-corrected chi connectivity index (χ2v) is 8.00. The number of halogens is 2. The van der Waals surface area contributed by atoms with Crippen molar-refractivity contribution in [2.45, 2.75) is 11.8 Å². The van der Waals surface area contributed by atoms with E-state index in [-0.39, 0.29) is 4.90 Å². The quantitative estimate of drug-likeness (QED) is 0.691. The van der Waals surface area contributed by atoms with Gasteiger partial charge >= 0.3 is 0 Å². The van der Waals surface area contributed by atoms with Gasteiger partial charge in [-0.25, -0.2) is 4.39 Å². The summed E-state index contributed by atoms with van der Waals surface area (Å²) in [7, 11) is -2.17. The van der Waals surface area contributed by atoms with E-state index in [0.717, 1.165) is 27.9 Å². The van der Waals surface area contributed by atoms with Crippen LogP contribution >= 0.6 is 22.9 Å². The van der Waals surface area contributed by atoms with Crippen LogP contribution in [0.5, 0.6) is 0 Å². The number of thiazole rings is 1. The van der Waals surface area contributed by atoms with Crippen LogP contribution in [0.15, 0.2) is 45.7 Å². The molecule has 0 aliphatic heterocycles. The molecule has 0 aliphatic rings. The largest absolute Gasteiger partial charge is 0.319 e. The summed E-state index contributed by atoms with van der Waals surface area (Å²) in [5, 5.41) is 0.610. The van der Waals surface area contributed by atoms with E-state index in [4.69, 9.17) is 11.6 Å². The zero-order valence-electron chi connectivity index (χ0n) is 12.2. The maximum atomic E-state index is 12.9. The minimum Gasteiger partial charge on any atom is -0.319 e. The molecule has 120 valence electrons. The molecule has 0 bridgehead atoms. The Bertz CT molecular complexity index is 1070. The number of fused-ring (bicyclic) bond motifs is 1. The molecule has 3 rings (SSSR count). The van der Waals surface area contributed by atoms with Gasteiger partial charge in [-0.05, 0) is 48.9 Å². The molecular weight excluding hydrogens is 359 g/mol. The summed E-state index contributed by atoms with van der Waals surface area (Å²) in [6, 6.07) is 8.19. The highest BCUT2D eigenvalue weighted by Crippen LogP contribution is 2.26. The minimum atomic E-state index is -3.91. The van der Waals surface area contributed by atoms with Crippen LogP contribution in [0, 0.1) is 12.7 Å². The van der Waals surface area contributed by atoms with Crippen molar-refractivity contribution in [3.63, 3.8) is 0 Å². The van der Waals surface area contributed by atoms with Crippen molar-refractivity contribution in [3.8, 4) is 0 Å². The Kier molecular flexibility index (Phi) is 4.03. The molecule has 0 atom stereocenters. The standard InChI is InChI=1S/C15H12ClFN2O2S2/c1-9-12(16)7-8-13-14(9)19(2)15(22-13)18-23(20,21)11-5-3-10(17)4-6-11/h3-8H,1-2H3/b18-15-. The Balaban J connectivity index is 2.23. The van der Waals surface area contributed by atoms with Gasteiger partial charge in [-0.2, -0.15) is 8.42 Å². The Morgan fingerprint density at radius 1 is 1.17 bits per heavy atom. The highest BCUT2D eigenvalue weighted by Gasteiger charge is 2.15.